The lowest BCUT2D eigenvalue weighted by Gasteiger charge is -2.29. The van der Waals surface area contributed by atoms with Crippen LogP contribution in [0.1, 0.15) is 39.5 Å². The number of nitrogens with zero attached hydrogens (tertiary/aromatic N) is 2. The Bertz CT molecular complexity index is 592. The van der Waals surface area contributed by atoms with Crippen LogP contribution in [0.2, 0.25) is 0 Å². The molecule has 6 nitrogen and oxygen atoms in total. The molecule has 0 aliphatic carbocycles. The number of aliphatic imine (C=N–C) groups is 1. The van der Waals surface area contributed by atoms with Crippen LogP contribution in [0.4, 0.5) is 4.39 Å². The standard InChI is InChI=1S/C21H35FN4O2/c1-3-19(28-20-8-5-7-17(22)15-20)16-25-21(23-4-2)24-11-6-12-26-13-9-18(27)10-14-26/h5,7-8,15,18-19,27H,3-4,6,9-14,16H2,1-2H3,(H2,23,24,25). The van der Waals surface area contributed by atoms with Gasteiger partial charge in [-0.3, -0.25) is 0 Å². The van der Waals surface area contributed by atoms with E-state index < -0.39 is 0 Å². The van der Waals surface area contributed by atoms with E-state index in [1.165, 1.54) is 12.1 Å². The van der Waals surface area contributed by atoms with Crippen LogP contribution in [-0.4, -0.2) is 67.4 Å². The number of likely N-dealkylation sites (tertiary alicyclic amines) is 1. The number of hydrogen-bond donors (Lipinski definition) is 3. The number of hydrogen-bond acceptors (Lipinski definition) is 4. The van der Waals surface area contributed by atoms with Crippen LogP contribution in [0.25, 0.3) is 0 Å². The summed E-state index contributed by atoms with van der Waals surface area (Å²) in [6, 6.07) is 6.22. The highest BCUT2D eigenvalue weighted by atomic mass is 19.1. The molecule has 3 N–H and O–H groups in total. The molecular weight excluding hydrogens is 359 g/mol. The van der Waals surface area contributed by atoms with Gasteiger partial charge in [0.05, 0.1) is 12.6 Å². The molecule has 1 unspecified atom stereocenters. The van der Waals surface area contributed by atoms with Gasteiger partial charge in [-0.2, -0.15) is 0 Å². The number of guanidine groups is 1. The Morgan fingerprint density at radius 2 is 2.11 bits per heavy atom. The smallest absolute Gasteiger partial charge is 0.191 e. The van der Waals surface area contributed by atoms with Crippen molar-refractivity contribution >= 4 is 5.96 Å². The lowest BCUT2D eigenvalue weighted by atomic mass is 10.1. The largest absolute Gasteiger partial charge is 0.488 e. The predicted octanol–water partition coefficient (Wildman–Crippen LogP) is 2.38. The van der Waals surface area contributed by atoms with Crippen molar-refractivity contribution in [1.82, 2.24) is 15.5 Å². The quantitative estimate of drug-likeness (QED) is 0.323. The van der Waals surface area contributed by atoms with Gasteiger partial charge >= 0.3 is 0 Å². The fourth-order valence-corrected chi connectivity index (χ4v) is 3.17. The Balaban J connectivity index is 1.74. The first-order valence-corrected chi connectivity index (χ1v) is 10.5. The summed E-state index contributed by atoms with van der Waals surface area (Å²) < 4.78 is 19.2. The first kappa shape index (κ1) is 22.4. The number of nitrogens with one attached hydrogen (secondary N) is 2. The van der Waals surface area contributed by atoms with E-state index >= 15 is 0 Å². The van der Waals surface area contributed by atoms with E-state index in [-0.39, 0.29) is 18.0 Å². The highest BCUT2D eigenvalue weighted by molar-refractivity contribution is 5.79. The van der Waals surface area contributed by atoms with Crippen LogP contribution in [0, 0.1) is 5.82 Å². The van der Waals surface area contributed by atoms with Crippen LogP contribution in [-0.2, 0) is 0 Å². The number of benzene rings is 1. The number of piperidine rings is 1. The van der Waals surface area contributed by atoms with Crippen LogP contribution in [0.15, 0.2) is 29.3 Å². The first-order valence-electron chi connectivity index (χ1n) is 10.5. The molecule has 0 radical (unpaired) electrons. The van der Waals surface area contributed by atoms with E-state index in [0.29, 0.717) is 12.3 Å². The molecule has 1 aromatic rings. The summed E-state index contributed by atoms with van der Waals surface area (Å²) >= 11 is 0. The van der Waals surface area contributed by atoms with Gasteiger partial charge in [-0.1, -0.05) is 13.0 Å². The van der Waals surface area contributed by atoms with E-state index in [0.717, 1.165) is 64.4 Å². The minimum atomic E-state index is -0.297. The summed E-state index contributed by atoms with van der Waals surface area (Å²) in [5, 5.41) is 16.2. The summed E-state index contributed by atoms with van der Waals surface area (Å²) in [6.07, 6.45) is 3.35. The van der Waals surface area contributed by atoms with Gasteiger partial charge in [0.25, 0.3) is 0 Å². The molecule has 0 spiro atoms. The van der Waals surface area contributed by atoms with Crippen molar-refractivity contribution < 1.29 is 14.2 Å². The second kappa shape index (κ2) is 12.6. The SMILES string of the molecule is CCNC(=NCC(CC)Oc1cccc(F)c1)NCCCN1CCC(O)CC1. The summed E-state index contributed by atoms with van der Waals surface area (Å²) in [7, 11) is 0. The monoisotopic (exact) mass is 394 g/mol. The van der Waals surface area contributed by atoms with Crippen molar-refractivity contribution in [2.24, 2.45) is 4.99 Å². The third-order valence-corrected chi connectivity index (χ3v) is 4.85. The molecule has 0 saturated carbocycles. The second-order valence-electron chi connectivity index (χ2n) is 7.18. The lowest BCUT2D eigenvalue weighted by Crippen LogP contribution is -2.41. The van der Waals surface area contributed by atoms with E-state index in [9.17, 15) is 9.50 Å². The minimum absolute atomic E-state index is 0.1000. The molecule has 2 rings (SSSR count). The van der Waals surface area contributed by atoms with Gasteiger partial charge < -0.3 is 25.4 Å². The van der Waals surface area contributed by atoms with Crippen molar-refractivity contribution in [3.05, 3.63) is 30.1 Å². The van der Waals surface area contributed by atoms with Gasteiger partial charge in [0, 0.05) is 32.2 Å². The Morgan fingerprint density at radius 1 is 1.32 bits per heavy atom. The molecule has 1 aliphatic rings. The Hall–Kier alpha value is -1.86. The molecule has 1 heterocycles. The number of aliphatic hydroxyl groups is 1. The molecule has 1 fully saturated rings. The maximum atomic E-state index is 13.3. The molecule has 1 atom stereocenters. The van der Waals surface area contributed by atoms with Gasteiger partial charge in [0.1, 0.15) is 17.7 Å². The fraction of sp³-hybridized carbons (Fsp3) is 0.667. The van der Waals surface area contributed by atoms with Crippen LogP contribution < -0.4 is 15.4 Å². The number of halogens is 1. The van der Waals surface area contributed by atoms with Gasteiger partial charge in [0.2, 0.25) is 0 Å². The third kappa shape index (κ3) is 8.44. The maximum absolute atomic E-state index is 13.3. The summed E-state index contributed by atoms with van der Waals surface area (Å²) in [5.41, 5.74) is 0. The van der Waals surface area contributed by atoms with E-state index in [2.05, 4.69) is 20.5 Å². The number of rotatable bonds is 10. The normalized spacial score (nSPS) is 17.4. The summed E-state index contributed by atoms with van der Waals surface area (Å²) in [5.74, 6) is 1.01. The lowest BCUT2D eigenvalue weighted by molar-refractivity contribution is 0.0823. The number of aliphatic hydroxyl groups excluding tert-OH is 1. The second-order valence-corrected chi connectivity index (χ2v) is 7.18. The minimum Gasteiger partial charge on any atom is -0.488 e. The zero-order valence-electron chi connectivity index (χ0n) is 17.2. The van der Waals surface area contributed by atoms with Crippen LogP contribution in [0.3, 0.4) is 0 Å². The van der Waals surface area contributed by atoms with Crippen molar-refractivity contribution in [1.29, 1.82) is 0 Å². The number of ether oxygens (including phenoxy) is 1. The topological polar surface area (TPSA) is 69.1 Å². The molecule has 1 saturated heterocycles. The van der Waals surface area contributed by atoms with E-state index in [1.54, 1.807) is 12.1 Å². The predicted molar refractivity (Wildman–Crippen MR) is 111 cm³/mol. The van der Waals surface area contributed by atoms with Crippen LogP contribution >= 0.6 is 0 Å². The highest BCUT2D eigenvalue weighted by Crippen LogP contribution is 2.15. The fourth-order valence-electron chi connectivity index (χ4n) is 3.17. The maximum Gasteiger partial charge on any atom is 0.191 e. The average molecular weight is 395 g/mol. The Morgan fingerprint density at radius 3 is 2.79 bits per heavy atom. The van der Waals surface area contributed by atoms with Gasteiger partial charge in [-0.05, 0) is 51.3 Å². The zero-order chi connectivity index (χ0) is 20.2. The molecule has 7 heteroatoms. The van der Waals surface area contributed by atoms with Crippen molar-refractivity contribution in [2.75, 3.05) is 39.3 Å². The molecular formula is C21H35FN4O2. The zero-order valence-corrected chi connectivity index (χ0v) is 17.2. The van der Waals surface area contributed by atoms with E-state index in [1.807, 2.05) is 13.8 Å². The molecule has 0 amide bonds. The Kier molecular flexibility index (Phi) is 10.1. The van der Waals surface area contributed by atoms with E-state index in [4.69, 9.17) is 4.74 Å². The van der Waals surface area contributed by atoms with Crippen LogP contribution in [0.5, 0.6) is 5.75 Å². The third-order valence-electron chi connectivity index (χ3n) is 4.85. The van der Waals surface area contributed by atoms with Gasteiger partial charge in [-0.15, -0.1) is 0 Å². The average Bonchev–Trinajstić information content (AvgIpc) is 2.69. The molecule has 158 valence electrons. The van der Waals surface area contributed by atoms with Gasteiger partial charge in [0.15, 0.2) is 5.96 Å². The first-order chi connectivity index (χ1) is 13.6. The molecule has 1 aromatic carbocycles. The Labute approximate surface area is 168 Å². The van der Waals surface area contributed by atoms with Crippen molar-refractivity contribution in [2.45, 2.75) is 51.7 Å². The van der Waals surface area contributed by atoms with Crippen molar-refractivity contribution in [3.8, 4) is 5.75 Å². The molecule has 0 bridgehead atoms. The van der Waals surface area contributed by atoms with Crippen molar-refractivity contribution in [3.63, 3.8) is 0 Å². The molecule has 0 aromatic heterocycles. The molecule has 1 aliphatic heterocycles. The van der Waals surface area contributed by atoms with Gasteiger partial charge in [-0.25, -0.2) is 9.38 Å². The summed E-state index contributed by atoms with van der Waals surface area (Å²) in [4.78, 5) is 7.03. The summed E-state index contributed by atoms with van der Waals surface area (Å²) in [6.45, 7) is 9.19. The molecule has 28 heavy (non-hydrogen) atoms. The highest BCUT2D eigenvalue weighted by Gasteiger charge is 2.16.